The first kappa shape index (κ1) is 16.5. The lowest BCUT2D eigenvalue weighted by atomic mass is 10.3. The van der Waals surface area contributed by atoms with Crippen LogP contribution in [0.5, 0.6) is 0 Å². The van der Waals surface area contributed by atoms with Gasteiger partial charge in [-0.3, -0.25) is 9.36 Å². The Hall–Kier alpha value is -0.890. The van der Waals surface area contributed by atoms with Crippen molar-refractivity contribution in [1.82, 2.24) is 0 Å². The lowest BCUT2D eigenvalue weighted by Crippen LogP contribution is -2.19. The summed E-state index contributed by atoms with van der Waals surface area (Å²) < 4.78 is 10.3. The molecule has 88 valence electrons. The van der Waals surface area contributed by atoms with Crippen molar-refractivity contribution < 1.29 is 24.3 Å². The van der Waals surface area contributed by atoms with Gasteiger partial charge in [-0.25, -0.2) is 0 Å². The van der Waals surface area contributed by atoms with Crippen LogP contribution in [0, 0.1) is 11.3 Å². The van der Waals surface area contributed by atoms with Crippen LogP contribution in [-0.4, -0.2) is 26.5 Å². The molecule has 1 unspecified atom stereocenters. The molecule has 0 heterocycles. The van der Waals surface area contributed by atoms with Crippen LogP contribution in [0.4, 0.5) is 0 Å². The molecule has 0 bridgehead atoms. The lowest BCUT2D eigenvalue weighted by Gasteiger charge is -2.08. The molecule has 0 aromatic rings. The molecule has 0 saturated heterocycles. The Kier molecular flexibility index (Phi) is 9.28. The zero-order valence-electron chi connectivity index (χ0n) is 8.75. The van der Waals surface area contributed by atoms with Crippen LogP contribution in [-0.2, 0) is 9.36 Å². The van der Waals surface area contributed by atoms with Crippen LogP contribution in [0.2, 0.25) is 0 Å². The van der Waals surface area contributed by atoms with E-state index in [-0.39, 0.29) is 0 Å². The van der Waals surface area contributed by atoms with Gasteiger partial charge in [0.15, 0.2) is 5.66 Å². The van der Waals surface area contributed by atoms with Crippen LogP contribution in [0.1, 0.15) is 33.1 Å². The van der Waals surface area contributed by atoms with E-state index in [2.05, 4.69) is 13.8 Å². The van der Waals surface area contributed by atoms with E-state index in [1.807, 2.05) is 0 Å². The van der Waals surface area contributed by atoms with Gasteiger partial charge in [0.25, 0.3) is 0 Å². The second-order valence-corrected chi connectivity index (χ2v) is 4.61. The van der Waals surface area contributed by atoms with Gasteiger partial charge >= 0.3 is 13.6 Å². The Morgan fingerprint density at radius 3 is 1.87 bits per heavy atom. The largest absolute Gasteiger partial charge is 0.481 e. The Bertz CT molecular complexity index is 265. The minimum atomic E-state index is -4.67. The van der Waals surface area contributed by atoms with E-state index in [1.54, 1.807) is 0 Å². The molecule has 0 spiro atoms. The Morgan fingerprint density at radius 1 is 1.40 bits per heavy atom. The zero-order valence-corrected chi connectivity index (χ0v) is 9.65. The summed E-state index contributed by atoms with van der Waals surface area (Å²) in [6.07, 6.45) is 1.96. The van der Waals surface area contributed by atoms with Crippen molar-refractivity contribution in [3.05, 3.63) is 0 Å². The summed E-state index contributed by atoms with van der Waals surface area (Å²) in [6, 6.07) is 1.38. The van der Waals surface area contributed by atoms with Gasteiger partial charge in [0, 0.05) is 0 Å². The lowest BCUT2D eigenvalue weighted by molar-refractivity contribution is -0.136. The Balaban J connectivity index is 0. The van der Waals surface area contributed by atoms with Crippen molar-refractivity contribution in [3.63, 3.8) is 0 Å². The predicted molar refractivity (Wildman–Crippen MR) is 54.3 cm³/mol. The van der Waals surface area contributed by atoms with Gasteiger partial charge in [-0.1, -0.05) is 26.7 Å². The minimum absolute atomic E-state index is 0.681. The van der Waals surface area contributed by atoms with Crippen LogP contribution >= 0.6 is 7.60 Å². The topological polar surface area (TPSA) is 119 Å². The van der Waals surface area contributed by atoms with E-state index in [1.165, 1.54) is 18.9 Å². The molecule has 0 aliphatic carbocycles. The second-order valence-electron chi connectivity index (χ2n) is 2.81. The van der Waals surface area contributed by atoms with Gasteiger partial charge in [-0.15, -0.1) is 0 Å². The van der Waals surface area contributed by atoms with Gasteiger partial charge < -0.3 is 14.9 Å². The van der Waals surface area contributed by atoms with E-state index in [0.29, 0.717) is 0 Å². The molecule has 1 atom stereocenters. The summed E-state index contributed by atoms with van der Waals surface area (Å²) in [5, 5.41) is 16.2. The van der Waals surface area contributed by atoms with Crippen LogP contribution in [0.25, 0.3) is 0 Å². The number of hydrogen-bond acceptors (Lipinski definition) is 3. The van der Waals surface area contributed by atoms with Crippen LogP contribution < -0.4 is 0 Å². The molecule has 0 amide bonds. The van der Waals surface area contributed by atoms with Gasteiger partial charge in [0.2, 0.25) is 0 Å². The fraction of sp³-hybridized carbons (Fsp3) is 0.750. The molecule has 0 aromatic carbocycles. The first-order valence-corrected chi connectivity index (χ1v) is 6.14. The van der Waals surface area contributed by atoms with Crippen LogP contribution in [0.3, 0.4) is 0 Å². The minimum Gasteiger partial charge on any atom is -0.481 e. The molecule has 0 saturated carbocycles. The average molecular weight is 237 g/mol. The number of carboxylic acids is 1. The van der Waals surface area contributed by atoms with E-state index in [0.717, 1.165) is 0 Å². The molecular formula is C8H16NO5P. The molecule has 0 rings (SSSR count). The third-order valence-electron chi connectivity index (χ3n) is 1.48. The summed E-state index contributed by atoms with van der Waals surface area (Å²) in [6.45, 7) is 4.36. The molecular weight excluding hydrogens is 221 g/mol. The number of hydrogen-bond donors (Lipinski definition) is 3. The van der Waals surface area contributed by atoms with E-state index in [9.17, 15) is 9.36 Å². The maximum absolute atomic E-state index is 10.3. The molecule has 0 aliphatic rings. The average Bonchev–Trinajstić information content (AvgIpc) is 2.12. The van der Waals surface area contributed by atoms with Crippen molar-refractivity contribution in [1.29, 1.82) is 5.26 Å². The number of aliphatic carboxylic acids is 1. The fourth-order valence-corrected chi connectivity index (χ4v) is 1.04. The number of nitrogens with zero attached hydrogens (tertiary/aromatic N) is 1. The first-order valence-electron chi connectivity index (χ1n) is 4.46. The molecule has 0 radical (unpaired) electrons. The zero-order chi connectivity index (χ0) is 12.5. The smallest absolute Gasteiger partial charge is 0.340 e. The van der Waals surface area contributed by atoms with E-state index in [4.69, 9.17) is 20.2 Å². The summed E-state index contributed by atoms with van der Waals surface area (Å²) in [5.41, 5.74) is -1.90. The SMILES string of the molecule is CCCC.N#CCC(C(=O)O)P(=O)(O)O. The quantitative estimate of drug-likeness (QED) is 0.635. The van der Waals surface area contributed by atoms with Gasteiger partial charge in [-0.2, -0.15) is 5.26 Å². The Morgan fingerprint density at radius 2 is 1.80 bits per heavy atom. The maximum Gasteiger partial charge on any atom is 0.340 e. The Labute approximate surface area is 88.7 Å². The summed E-state index contributed by atoms with van der Waals surface area (Å²) >= 11 is 0. The first-order chi connectivity index (χ1) is 6.81. The third kappa shape index (κ3) is 9.42. The van der Waals surface area contributed by atoms with Gasteiger partial charge in [0.1, 0.15) is 0 Å². The molecule has 15 heavy (non-hydrogen) atoms. The highest BCUT2D eigenvalue weighted by Gasteiger charge is 2.35. The molecule has 7 heteroatoms. The second kappa shape index (κ2) is 8.42. The standard InChI is InChI=1S/C4H6NO5P.C4H10/c5-2-1-3(4(6)7)11(8,9)10;1-3-4-2/h3H,1H2,(H,6,7)(H2,8,9,10);3-4H2,1-2H3. The summed E-state index contributed by atoms with van der Waals surface area (Å²) in [7, 11) is -4.67. The third-order valence-corrected chi connectivity index (χ3v) is 2.69. The number of carboxylic acid groups (broad SMARTS) is 1. The number of nitriles is 1. The maximum atomic E-state index is 10.3. The van der Waals surface area contributed by atoms with Crippen molar-refractivity contribution in [2.24, 2.45) is 0 Å². The van der Waals surface area contributed by atoms with Gasteiger partial charge in [-0.05, 0) is 0 Å². The van der Waals surface area contributed by atoms with Crippen LogP contribution in [0.15, 0.2) is 0 Å². The van der Waals surface area contributed by atoms with Crippen molar-refractivity contribution >= 4 is 13.6 Å². The normalized spacial score (nSPS) is 11.9. The highest BCUT2D eigenvalue weighted by Crippen LogP contribution is 2.42. The molecule has 3 N–H and O–H groups in total. The van der Waals surface area contributed by atoms with Crippen molar-refractivity contribution in [2.75, 3.05) is 0 Å². The highest BCUT2D eigenvalue weighted by molar-refractivity contribution is 7.53. The highest BCUT2D eigenvalue weighted by atomic mass is 31.2. The molecule has 0 aromatic heterocycles. The van der Waals surface area contributed by atoms with E-state index < -0.39 is 25.6 Å². The van der Waals surface area contributed by atoms with Gasteiger partial charge in [0.05, 0.1) is 12.5 Å². The summed E-state index contributed by atoms with van der Waals surface area (Å²) in [5.74, 6) is -1.65. The number of unbranched alkanes of at least 4 members (excludes halogenated alkanes) is 1. The number of carbonyl (C=O) groups is 1. The van der Waals surface area contributed by atoms with E-state index >= 15 is 0 Å². The monoisotopic (exact) mass is 237 g/mol. The number of rotatable bonds is 4. The van der Waals surface area contributed by atoms with Crippen molar-refractivity contribution in [2.45, 2.75) is 38.8 Å². The molecule has 6 nitrogen and oxygen atoms in total. The molecule has 0 aliphatic heterocycles. The fourth-order valence-electron chi connectivity index (χ4n) is 0.437. The van der Waals surface area contributed by atoms with Crippen molar-refractivity contribution in [3.8, 4) is 6.07 Å². The summed E-state index contributed by atoms with van der Waals surface area (Å²) in [4.78, 5) is 26.8. The molecule has 0 fully saturated rings. The predicted octanol–water partition coefficient (Wildman–Crippen LogP) is 1.34.